The third-order valence-corrected chi connectivity index (χ3v) is 3.61. The van der Waals surface area contributed by atoms with Crippen molar-refractivity contribution in [1.29, 1.82) is 0 Å². The van der Waals surface area contributed by atoms with Crippen molar-refractivity contribution in [2.24, 2.45) is 0 Å². The van der Waals surface area contributed by atoms with Crippen LogP contribution in [0.1, 0.15) is 41.9 Å². The Morgan fingerprint density at radius 2 is 1.90 bits per heavy atom. The summed E-state index contributed by atoms with van der Waals surface area (Å²) >= 11 is 0. The average Bonchev–Trinajstić information content (AvgIpc) is 3.10. The van der Waals surface area contributed by atoms with Crippen LogP contribution in [0.15, 0.2) is 28.7 Å². The van der Waals surface area contributed by atoms with Crippen molar-refractivity contribution in [2.45, 2.75) is 38.6 Å². The molecule has 1 aliphatic rings. The summed E-state index contributed by atoms with van der Waals surface area (Å²) in [6.45, 7) is 1.75. The summed E-state index contributed by atoms with van der Waals surface area (Å²) in [5.74, 6) is 0.999. The van der Waals surface area contributed by atoms with Crippen molar-refractivity contribution in [2.75, 3.05) is 0 Å². The molecule has 0 unspecified atom stereocenters. The topological polar surface area (TPSA) is 68.0 Å². The number of rotatable bonds is 3. The highest BCUT2D eigenvalue weighted by atomic mass is 16.4. The number of amides is 1. The molecule has 1 aromatic carbocycles. The first-order valence-electron chi connectivity index (χ1n) is 6.94. The average molecular weight is 271 g/mol. The molecule has 0 saturated heterocycles. The Labute approximate surface area is 117 Å². The van der Waals surface area contributed by atoms with Crippen LogP contribution in [0.3, 0.4) is 0 Å². The van der Waals surface area contributed by atoms with Gasteiger partial charge in [-0.25, -0.2) is 0 Å². The fourth-order valence-electron chi connectivity index (χ4n) is 2.52. The maximum absolute atomic E-state index is 12.1. The van der Waals surface area contributed by atoms with Gasteiger partial charge in [0.1, 0.15) is 0 Å². The molecule has 1 saturated carbocycles. The Balaban J connectivity index is 1.70. The number of benzene rings is 1. The van der Waals surface area contributed by atoms with Gasteiger partial charge in [0.15, 0.2) is 0 Å². The third-order valence-electron chi connectivity index (χ3n) is 3.61. The maximum atomic E-state index is 12.1. The van der Waals surface area contributed by atoms with Crippen LogP contribution in [0.2, 0.25) is 0 Å². The zero-order valence-corrected chi connectivity index (χ0v) is 11.4. The summed E-state index contributed by atoms with van der Waals surface area (Å²) in [5, 5.41) is 10.8. The second kappa shape index (κ2) is 5.45. The van der Waals surface area contributed by atoms with Gasteiger partial charge in [0.25, 0.3) is 5.91 Å². The van der Waals surface area contributed by atoms with E-state index in [-0.39, 0.29) is 5.91 Å². The molecule has 1 N–H and O–H groups in total. The molecule has 1 aromatic heterocycles. The summed E-state index contributed by atoms with van der Waals surface area (Å²) in [5.41, 5.74) is 1.49. The van der Waals surface area contributed by atoms with E-state index in [1.807, 2.05) is 12.1 Å². The first-order chi connectivity index (χ1) is 9.72. The van der Waals surface area contributed by atoms with Gasteiger partial charge in [-0.05, 0) is 37.1 Å². The Morgan fingerprint density at radius 3 is 2.50 bits per heavy atom. The molecule has 5 nitrogen and oxygen atoms in total. The predicted octanol–water partition coefficient (Wildman–Crippen LogP) is 2.72. The Bertz CT molecular complexity index is 598. The van der Waals surface area contributed by atoms with Crippen LogP contribution in [0.25, 0.3) is 11.5 Å². The number of aromatic nitrogens is 2. The highest BCUT2D eigenvalue weighted by molar-refractivity contribution is 5.94. The van der Waals surface area contributed by atoms with E-state index in [9.17, 15) is 4.79 Å². The van der Waals surface area contributed by atoms with Crippen molar-refractivity contribution in [3.8, 4) is 11.5 Å². The van der Waals surface area contributed by atoms with E-state index >= 15 is 0 Å². The molecule has 2 aromatic rings. The fourth-order valence-corrected chi connectivity index (χ4v) is 2.52. The molecule has 1 fully saturated rings. The molecule has 5 heteroatoms. The largest absolute Gasteiger partial charge is 0.421 e. The molecule has 0 bridgehead atoms. The third kappa shape index (κ3) is 2.71. The summed E-state index contributed by atoms with van der Waals surface area (Å²) in [6, 6.07) is 7.58. The lowest BCUT2D eigenvalue weighted by Crippen LogP contribution is -2.32. The van der Waals surface area contributed by atoms with E-state index in [2.05, 4.69) is 15.5 Å². The van der Waals surface area contributed by atoms with Crippen LogP contribution >= 0.6 is 0 Å². The summed E-state index contributed by atoms with van der Waals surface area (Å²) in [4.78, 5) is 12.1. The van der Waals surface area contributed by atoms with Gasteiger partial charge < -0.3 is 9.73 Å². The molecule has 0 aliphatic heterocycles. The summed E-state index contributed by atoms with van der Waals surface area (Å²) in [6.07, 6.45) is 4.59. The minimum atomic E-state index is -0.00911. The van der Waals surface area contributed by atoms with Gasteiger partial charge in [-0.15, -0.1) is 10.2 Å². The summed E-state index contributed by atoms with van der Waals surface area (Å²) < 4.78 is 5.35. The molecule has 1 aliphatic carbocycles. The molecule has 0 spiro atoms. The van der Waals surface area contributed by atoms with E-state index in [0.717, 1.165) is 18.4 Å². The number of carbonyl (C=O) groups is 1. The highest BCUT2D eigenvalue weighted by Crippen LogP contribution is 2.20. The number of hydrogen-bond acceptors (Lipinski definition) is 4. The van der Waals surface area contributed by atoms with Crippen molar-refractivity contribution in [3.05, 3.63) is 35.7 Å². The number of carbonyl (C=O) groups excluding carboxylic acids is 1. The molecule has 3 rings (SSSR count). The van der Waals surface area contributed by atoms with Gasteiger partial charge in [-0.3, -0.25) is 4.79 Å². The van der Waals surface area contributed by atoms with Crippen LogP contribution < -0.4 is 5.32 Å². The highest BCUT2D eigenvalue weighted by Gasteiger charge is 2.18. The normalized spacial score (nSPS) is 15.4. The van der Waals surface area contributed by atoms with Gasteiger partial charge >= 0.3 is 0 Å². The van der Waals surface area contributed by atoms with Crippen LogP contribution in [0, 0.1) is 6.92 Å². The Morgan fingerprint density at radius 1 is 1.20 bits per heavy atom. The Kier molecular flexibility index (Phi) is 3.50. The monoisotopic (exact) mass is 271 g/mol. The molecule has 104 valence electrons. The number of nitrogens with one attached hydrogen (secondary N) is 1. The van der Waals surface area contributed by atoms with Gasteiger partial charge in [0.05, 0.1) is 0 Å². The maximum Gasteiger partial charge on any atom is 0.251 e. The SMILES string of the molecule is Cc1nnc(-c2ccc(C(=O)NC3CCCC3)cc2)o1. The van der Waals surface area contributed by atoms with Crippen LogP contribution in [0.5, 0.6) is 0 Å². The molecule has 1 heterocycles. The smallest absolute Gasteiger partial charge is 0.251 e. The zero-order valence-electron chi connectivity index (χ0n) is 11.4. The lowest BCUT2D eigenvalue weighted by atomic mass is 10.1. The lowest BCUT2D eigenvalue weighted by molar-refractivity contribution is 0.0938. The van der Waals surface area contributed by atoms with Gasteiger partial charge in [0.2, 0.25) is 11.8 Å². The Hall–Kier alpha value is -2.17. The van der Waals surface area contributed by atoms with Crippen molar-refractivity contribution in [3.63, 3.8) is 0 Å². The van der Waals surface area contributed by atoms with Crippen molar-refractivity contribution < 1.29 is 9.21 Å². The van der Waals surface area contributed by atoms with E-state index in [0.29, 0.717) is 23.4 Å². The predicted molar refractivity (Wildman–Crippen MR) is 74.2 cm³/mol. The van der Waals surface area contributed by atoms with Crippen LogP contribution in [-0.4, -0.2) is 22.1 Å². The van der Waals surface area contributed by atoms with Gasteiger partial charge in [0, 0.05) is 24.1 Å². The van der Waals surface area contributed by atoms with E-state index in [1.54, 1.807) is 19.1 Å². The minimum absolute atomic E-state index is 0.00911. The molecule has 0 radical (unpaired) electrons. The second-order valence-corrected chi connectivity index (χ2v) is 5.16. The zero-order chi connectivity index (χ0) is 13.9. The standard InChI is InChI=1S/C15H17N3O2/c1-10-17-18-15(20-10)12-8-6-11(7-9-12)14(19)16-13-4-2-3-5-13/h6-9,13H,2-5H2,1H3,(H,16,19). The quantitative estimate of drug-likeness (QED) is 0.932. The van der Waals surface area contributed by atoms with Gasteiger partial charge in [-0.1, -0.05) is 12.8 Å². The lowest BCUT2D eigenvalue weighted by Gasteiger charge is -2.11. The number of hydrogen-bond donors (Lipinski definition) is 1. The van der Waals surface area contributed by atoms with Gasteiger partial charge in [-0.2, -0.15) is 0 Å². The minimum Gasteiger partial charge on any atom is -0.421 e. The number of aryl methyl sites for hydroxylation is 1. The number of nitrogens with zero attached hydrogens (tertiary/aromatic N) is 2. The fraction of sp³-hybridized carbons (Fsp3) is 0.400. The van der Waals surface area contributed by atoms with Crippen molar-refractivity contribution in [1.82, 2.24) is 15.5 Å². The van der Waals surface area contributed by atoms with E-state index < -0.39 is 0 Å². The van der Waals surface area contributed by atoms with Crippen LogP contribution in [0.4, 0.5) is 0 Å². The summed E-state index contributed by atoms with van der Waals surface area (Å²) in [7, 11) is 0. The molecule has 0 atom stereocenters. The molecular formula is C15H17N3O2. The van der Waals surface area contributed by atoms with Crippen LogP contribution in [-0.2, 0) is 0 Å². The van der Waals surface area contributed by atoms with E-state index in [1.165, 1.54) is 12.8 Å². The molecule has 1 amide bonds. The first kappa shape index (κ1) is 12.8. The first-order valence-corrected chi connectivity index (χ1v) is 6.94. The van der Waals surface area contributed by atoms with E-state index in [4.69, 9.17) is 4.42 Å². The second-order valence-electron chi connectivity index (χ2n) is 5.16. The molecular weight excluding hydrogens is 254 g/mol. The van der Waals surface area contributed by atoms with Crippen molar-refractivity contribution >= 4 is 5.91 Å². The molecule has 20 heavy (non-hydrogen) atoms.